The molecule has 1 heterocycles. The lowest BCUT2D eigenvalue weighted by atomic mass is 9.90. The third kappa shape index (κ3) is 4.22. The Bertz CT molecular complexity index is 969. The standard InChI is InChI=1S/C22H26N2O3S/c1-28(26,27)24-13-5-8-18-11-12-19(14-21(18)24)23-22(25)15-20(17-9-10-17)16-6-3-2-4-7-16/h2-4,6-7,11-12,14,17,20H,5,8-10,13,15H2,1H3,(H,23,25). The van der Waals surface area contributed by atoms with Gasteiger partial charge in [-0.25, -0.2) is 8.42 Å². The number of amides is 1. The van der Waals surface area contributed by atoms with Gasteiger partial charge in [-0.2, -0.15) is 0 Å². The topological polar surface area (TPSA) is 66.5 Å². The molecule has 148 valence electrons. The number of fused-ring (bicyclic) bond motifs is 1. The number of carbonyl (C=O) groups is 1. The second-order valence-electron chi connectivity index (χ2n) is 7.89. The van der Waals surface area contributed by atoms with Crippen LogP contribution in [0.3, 0.4) is 0 Å². The quantitative estimate of drug-likeness (QED) is 0.802. The monoisotopic (exact) mass is 398 g/mol. The lowest BCUT2D eigenvalue weighted by Gasteiger charge is -2.29. The lowest BCUT2D eigenvalue weighted by molar-refractivity contribution is -0.116. The van der Waals surface area contributed by atoms with Crippen LogP contribution in [0.25, 0.3) is 0 Å². The minimum Gasteiger partial charge on any atom is -0.326 e. The van der Waals surface area contributed by atoms with Crippen molar-refractivity contribution in [2.75, 3.05) is 22.4 Å². The summed E-state index contributed by atoms with van der Waals surface area (Å²) < 4.78 is 25.7. The van der Waals surface area contributed by atoms with Gasteiger partial charge in [0.15, 0.2) is 0 Å². The number of hydrogen-bond donors (Lipinski definition) is 1. The van der Waals surface area contributed by atoms with E-state index in [1.165, 1.54) is 29.0 Å². The molecule has 1 atom stereocenters. The summed E-state index contributed by atoms with van der Waals surface area (Å²) in [5, 5.41) is 2.99. The van der Waals surface area contributed by atoms with E-state index in [0.29, 0.717) is 30.3 Å². The maximum Gasteiger partial charge on any atom is 0.232 e. The molecule has 0 radical (unpaired) electrons. The molecule has 1 aliphatic heterocycles. The Kier molecular flexibility index (Phi) is 5.15. The highest BCUT2D eigenvalue weighted by molar-refractivity contribution is 7.92. The number of sulfonamides is 1. The van der Waals surface area contributed by atoms with Crippen LogP contribution < -0.4 is 9.62 Å². The van der Waals surface area contributed by atoms with E-state index in [9.17, 15) is 13.2 Å². The van der Waals surface area contributed by atoms with Crippen molar-refractivity contribution in [2.45, 2.75) is 38.0 Å². The maximum absolute atomic E-state index is 12.7. The molecule has 28 heavy (non-hydrogen) atoms. The molecule has 2 aromatic rings. The second kappa shape index (κ2) is 7.59. The number of aryl methyl sites for hydroxylation is 1. The Labute approximate surface area is 166 Å². The SMILES string of the molecule is CS(=O)(=O)N1CCCc2ccc(NC(=O)CC(c3ccccc3)C3CC3)cc21. The van der Waals surface area contributed by atoms with Gasteiger partial charge in [-0.3, -0.25) is 9.10 Å². The van der Waals surface area contributed by atoms with Gasteiger partial charge < -0.3 is 5.32 Å². The normalized spacial score (nSPS) is 17.7. The third-order valence-corrected chi connectivity index (χ3v) is 6.85. The summed E-state index contributed by atoms with van der Waals surface area (Å²) in [6, 6.07) is 15.8. The molecule has 1 fully saturated rings. The molecule has 1 N–H and O–H groups in total. The Morgan fingerprint density at radius 2 is 1.93 bits per heavy atom. The first-order valence-corrected chi connectivity index (χ1v) is 11.7. The molecule has 1 unspecified atom stereocenters. The first kappa shape index (κ1) is 19.0. The highest BCUT2D eigenvalue weighted by Crippen LogP contribution is 2.44. The van der Waals surface area contributed by atoms with Crippen LogP contribution in [0.5, 0.6) is 0 Å². The third-order valence-electron chi connectivity index (χ3n) is 5.67. The molecular weight excluding hydrogens is 372 g/mol. The van der Waals surface area contributed by atoms with Gasteiger partial charge in [-0.1, -0.05) is 36.4 Å². The van der Waals surface area contributed by atoms with Gasteiger partial charge in [-0.05, 0) is 60.8 Å². The Balaban J connectivity index is 1.50. The summed E-state index contributed by atoms with van der Waals surface area (Å²) in [5.74, 6) is 0.797. The Morgan fingerprint density at radius 1 is 1.18 bits per heavy atom. The number of hydrogen-bond acceptors (Lipinski definition) is 3. The van der Waals surface area contributed by atoms with E-state index < -0.39 is 10.0 Å². The fraction of sp³-hybridized carbons (Fsp3) is 0.409. The van der Waals surface area contributed by atoms with Crippen LogP contribution in [0.4, 0.5) is 11.4 Å². The van der Waals surface area contributed by atoms with Crippen molar-refractivity contribution in [1.82, 2.24) is 0 Å². The van der Waals surface area contributed by atoms with E-state index in [1.807, 2.05) is 30.3 Å². The lowest BCUT2D eigenvalue weighted by Crippen LogP contribution is -2.34. The average Bonchev–Trinajstić information content (AvgIpc) is 3.50. The van der Waals surface area contributed by atoms with E-state index in [4.69, 9.17) is 0 Å². The Hall–Kier alpha value is -2.34. The number of nitrogens with one attached hydrogen (secondary N) is 1. The number of rotatable bonds is 6. The number of carbonyl (C=O) groups excluding carboxylic acids is 1. The predicted octanol–water partition coefficient (Wildman–Crippen LogP) is 3.92. The molecule has 2 aliphatic rings. The minimum absolute atomic E-state index is 0.0255. The van der Waals surface area contributed by atoms with Crippen LogP contribution in [-0.4, -0.2) is 27.1 Å². The van der Waals surface area contributed by atoms with Gasteiger partial charge in [0.05, 0.1) is 11.9 Å². The van der Waals surface area contributed by atoms with Crippen molar-refractivity contribution in [3.63, 3.8) is 0 Å². The molecule has 0 saturated heterocycles. The molecule has 6 heteroatoms. The number of nitrogens with zero attached hydrogens (tertiary/aromatic N) is 1. The average molecular weight is 399 g/mol. The molecule has 0 spiro atoms. The van der Waals surface area contributed by atoms with E-state index in [-0.39, 0.29) is 11.8 Å². The Morgan fingerprint density at radius 3 is 2.61 bits per heavy atom. The van der Waals surface area contributed by atoms with Crippen molar-refractivity contribution < 1.29 is 13.2 Å². The van der Waals surface area contributed by atoms with Gasteiger partial charge in [-0.15, -0.1) is 0 Å². The summed E-state index contributed by atoms with van der Waals surface area (Å²) in [6.07, 6.45) is 5.69. The molecule has 5 nitrogen and oxygen atoms in total. The number of benzene rings is 2. The van der Waals surface area contributed by atoms with Crippen LogP contribution >= 0.6 is 0 Å². The molecule has 0 aromatic heterocycles. The molecule has 0 bridgehead atoms. The van der Waals surface area contributed by atoms with Crippen molar-refractivity contribution in [3.8, 4) is 0 Å². The largest absolute Gasteiger partial charge is 0.326 e. The van der Waals surface area contributed by atoms with Crippen molar-refractivity contribution in [1.29, 1.82) is 0 Å². The van der Waals surface area contributed by atoms with Gasteiger partial charge in [0.2, 0.25) is 15.9 Å². The zero-order valence-electron chi connectivity index (χ0n) is 16.1. The first-order valence-electron chi connectivity index (χ1n) is 9.87. The summed E-state index contributed by atoms with van der Waals surface area (Å²) in [6.45, 7) is 0.487. The maximum atomic E-state index is 12.7. The molecule has 2 aromatic carbocycles. The fourth-order valence-corrected chi connectivity index (χ4v) is 5.12. The minimum atomic E-state index is -3.32. The van der Waals surface area contributed by atoms with Gasteiger partial charge in [0.1, 0.15) is 0 Å². The van der Waals surface area contributed by atoms with E-state index in [0.717, 1.165) is 18.4 Å². The predicted molar refractivity (Wildman–Crippen MR) is 112 cm³/mol. The molecule has 1 saturated carbocycles. The van der Waals surface area contributed by atoms with Crippen LogP contribution in [0.1, 0.15) is 42.7 Å². The van der Waals surface area contributed by atoms with Gasteiger partial charge >= 0.3 is 0 Å². The molecule has 4 rings (SSSR count). The van der Waals surface area contributed by atoms with Crippen molar-refractivity contribution in [3.05, 3.63) is 59.7 Å². The summed E-state index contributed by atoms with van der Waals surface area (Å²) in [5.41, 5.74) is 3.57. The van der Waals surface area contributed by atoms with Crippen LogP contribution in [0.2, 0.25) is 0 Å². The molecular formula is C22H26N2O3S. The van der Waals surface area contributed by atoms with E-state index in [1.54, 1.807) is 6.07 Å². The summed E-state index contributed by atoms with van der Waals surface area (Å²) in [4.78, 5) is 12.7. The highest BCUT2D eigenvalue weighted by atomic mass is 32.2. The van der Waals surface area contributed by atoms with Crippen LogP contribution in [-0.2, 0) is 21.2 Å². The summed E-state index contributed by atoms with van der Waals surface area (Å²) in [7, 11) is -3.32. The van der Waals surface area contributed by atoms with Crippen molar-refractivity contribution >= 4 is 27.3 Å². The zero-order valence-corrected chi connectivity index (χ0v) is 16.9. The van der Waals surface area contributed by atoms with Gasteiger partial charge in [0.25, 0.3) is 0 Å². The smallest absolute Gasteiger partial charge is 0.232 e. The first-order chi connectivity index (χ1) is 13.4. The molecule has 1 aliphatic carbocycles. The summed E-state index contributed by atoms with van der Waals surface area (Å²) >= 11 is 0. The van der Waals surface area contributed by atoms with Gasteiger partial charge in [0, 0.05) is 18.7 Å². The zero-order chi connectivity index (χ0) is 19.7. The second-order valence-corrected chi connectivity index (χ2v) is 9.80. The van der Waals surface area contributed by atoms with E-state index in [2.05, 4.69) is 17.4 Å². The highest BCUT2D eigenvalue weighted by Gasteiger charge is 2.33. The van der Waals surface area contributed by atoms with Crippen molar-refractivity contribution in [2.24, 2.45) is 5.92 Å². The number of anilines is 2. The van der Waals surface area contributed by atoms with E-state index >= 15 is 0 Å². The van der Waals surface area contributed by atoms with Crippen LogP contribution in [0, 0.1) is 5.92 Å². The molecule has 1 amide bonds. The van der Waals surface area contributed by atoms with Crippen LogP contribution in [0.15, 0.2) is 48.5 Å². The fourth-order valence-electron chi connectivity index (χ4n) is 4.13.